The predicted octanol–water partition coefficient (Wildman–Crippen LogP) is 3.86. The summed E-state index contributed by atoms with van der Waals surface area (Å²) in [5.41, 5.74) is 0. The van der Waals surface area contributed by atoms with Gasteiger partial charge in [-0.05, 0) is 66.7 Å². The summed E-state index contributed by atoms with van der Waals surface area (Å²) in [6.45, 7) is 7.20. The summed E-state index contributed by atoms with van der Waals surface area (Å²) >= 11 is 0. The van der Waals surface area contributed by atoms with Gasteiger partial charge >= 0.3 is 0 Å². The molecule has 0 N–H and O–H groups in total. The fourth-order valence-corrected chi connectivity index (χ4v) is 2.32. The van der Waals surface area contributed by atoms with E-state index in [-0.39, 0.29) is 14.9 Å². The standard InChI is InChI=1S/C7H15N.C6H13N.2CH4/c1-7-5-3-4-6-8(7)2;1-6-4-3-5-7(6)2;;/h7H,3-6H2,1-2H3;6H,3-5H2,1-2H3;2*1H4. The third-order valence-corrected chi connectivity index (χ3v) is 4.02. The Morgan fingerprint density at radius 2 is 1.12 bits per heavy atom. The van der Waals surface area contributed by atoms with E-state index in [1.807, 2.05) is 0 Å². The zero-order chi connectivity index (χ0) is 11.3. The summed E-state index contributed by atoms with van der Waals surface area (Å²) < 4.78 is 0. The average molecular weight is 244 g/mol. The van der Waals surface area contributed by atoms with Gasteiger partial charge in [-0.2, -0.15) is 0 Å². The topological polar surface area (TPSA) is 6.48 Å². The maximum Gasteiger partial charge on any atom is 0.00643 e. The molecule has 2 unspecified atom stereocenters. The number of hydrogen-bond donors (Lipinski definition) is 0. The Balaban J connectivity index is 0. The van der Waals surface area contributed by atoms with Gasteiger partial charge in [0.2, 0.25) is 0 Å². The van der Waals surface area contributed by atoms with Gasteiger partial charge in [-0.15, -0.1) is 0 Å². The van der Waals surface area contributed by atoms with Crippen molar-refractivity contribution in [3.05, 3.63) is 0 Å². The number of rotatable bonds is 0. The van der Waals surface area contributed by atoms with Crippen LogP contribution >= 0.6 is 0 Å². The first-order valence-electron chi connectivity index (χ1n) is 6.51. The van der Waals surface area contributed by atoms with E-state index in [2.05, 4.69) is 37.7 Å². The first-order valence-corrected chi connectivity index (χ1v) is 6.51. The SMILES string of the molecule is C.C.CC1CCCCN1C.CC1CCCN1C. The van der Waals surface area contributed by atoms with E-state index >= 15 is 0 Å². The van der Waals surface area contributed by atoms with Crippen molar-refractivity contribution >= 4 is 0 Å². The molecule has 2 aliphatic heterocycles. The van der Waals surface area contributed by atoms with Crippen molar-refractivity contribution in [1.29, 1.82) is 0 Å². The molecule has 0 aromatic rings. The lowest BCUT2D eigenvalue weighted by Crippen LogP contribution is -2.33. The number of piperidine rings is 1. The molecule has 0 aromatic heterocycles. The Kier molecular flexibility index (Phi) is 11.2. The Labute approximate surface area is 110 Å². The Bertz CT molecular complexity index is 152. The molecule has 2 nitrogen and oxygen atoms in total. The number of likely N-dealkylation sites (tertiary alicyclic amines) is 2. The third-order valence-electron chi connectivity index (χ3n) is 4.02. The molecule has 0 spiro atoms. The molecule has 2 fully saturated rings. The lowest BCUT2D eigenvalue weighted by molar-refractivity contribution is 0.200. The van der Waals surface area contributed by atoms with Gasteiger partial charge in [0.15, 0.2) is 0 Å². The van der Waals surface area contributed by atoms with E-state index in [0.717, 1.165) is 12.1 Å². The molecular weight excluding hydrogens is 208 g/mol. The highest BCUT2D eigenvalue weighted by atomic mass is 15.1. The molecule has 0 amide bonds. The minimum absolute atomic E-state index is 0. The molecule has 2 aliphatic rings. The van der Waals surface area contributed by atoms with E-state index in [4.69, 9.17) is 0 Å². The van der Waals surface area contributed by atoms with Gasteiger partial charge in [-0.3, -0.25) is 0 Å². The summed E-state index contributed by atoms with van der Waals surface area (Å²) in [5, 5.41) is 0. The van der Waals surface area contributed by atoms with Crippen LogP contribution in [0.3, 0.4) is 0 Å². The lowest BCUT2D eigenvalue weighted by Gasteiger charge is -2.29. The first-order chi connectivity index (χ1) is 7.11. The van der Waals surface area contributed by atoms with Crippen molar-refractivity contribution < 1.29 is 0 Å². The molecule has 2 heterocycles. The van der Waals surface area contributed by atoms with Gasteiger partial charge in [0.05, 0.1) is 0 Å². The molecule has 2 atom stereocenters. The fourth-order valence-electron chi connectivity index (χ4n) is 2.32. The molecule has 17 heavy (non-hydrogen) atoms. The zero-order valence-corrected chi connectivity index (χ0v) is 11.0. The molecule has 0 radical (unpaired) electrons. The van der Waals surface area contributed by atoms with E-state index < -0.39 is 0 Å². The van der Waals surface area contributed by atoms with Crippen LogP contribution < -0.4 is 0 Å². The van der Waals surface area contributed by atoms with E-state index in [9.17, 15) is 0 Å². The van der Waals surface area contributed by atoms with Crippen LogP contribution in [0.4, 0.5) is 0 Å². The molecule has 2 heteroatoms. The van der Waals surface area contributed by atoms with Gasteiger partial charge < -0.3 is 9.80 Å². The average Bonchev–Trinajstić information content (AvgIpc) is 2.57. The zero-order valence-electron chi connectivity index (χ0n) is 11.0. The highest BCUT2D eigenvalue weighted by Gasteiger charge is 2.14. The van der Waals surface area contributed by atoms with Crippen LogP contribution in [0.5, 0.6) is 0 Å². The first kappa shape index (κ1) is 19.3. The van der Waals surface area contributed by atoms with Gasteiger partial charge in [-0.1, -0.05) is 21.3 Å². The van der Waals surface area contributed by atoms with Crippen LogP contribution in [0.15, 0.2) is 0 Å². The third kappa shape index (κ3) is 7.05. The van der Waals surface area contributed by atoms with Crippen LogP contribution in [0.1, 0.15) is 60.8 Å². The molecule has 2 rings (SSSR count). The molecule has 0 bridgehead atoms. The minimum atomic E-state index is 0. The molecule has 0 aromatic carbocycles. The van der Waals surface area contributed by atoms with Gasteiger partial charge in [-0.25, -0.2) is 0 Å². The summed E-state index contributed by atoms with van der Waals surface area (Å²) in [6, 6.07) is 1.68. The summed E-state index contributed by atoms with van der Waals surface area (Å²) in [6.07, 6.45) is 7.04. The van der Waals surface area contributed by atoms with Crippen molar-refractivity contribution in [2.75, 3.05) is 27.2 Å². The van der Waals surface area contributed by atoms with Gasteiger partial charge in [0.25, 0.3) is 0 Å². The summed E-state index contributed by atoms with van der Waals surface area (Å²) in [7, 11) is 4.40. The molecule has 106 valence electrons. The maximum atomic E-state index is 2.43. The molecular formula is C15H36N2. The monoisotopic (exact) mass is 244 g/mol. The Morgan fingerprint density at radius 1 is 0.706 bits per heavy atom. The smallest absolute Gasteiger partial charge is 0.00643 e. The van der Waals surface area contributed by atoms with Crippen molar-refractivity contribution in [3.63, 3.8) is 0 Å². The number of hydrogen-bond acceptors (Lipinski definition) is 2. The van der Waals surface area contributed by atoms with Crippen LogP contribution in [-0.4, -0.2) is 49.1 Å². The highest BCUT2D eigenvalue weighted by Crippen LogP contribution is 2.13. The normalized spacial score (nSPS) is 29.6. The van der Waals surface area contributed by atoms with Crippen molar-refractivity contribution in [1.82, 2.24) is 9.80 Å². The Morgan fingerprint density at radius 3 is 1.35 bits per heavy atom. The molecule has 2 saturated heterocycles. The summed E-state index contributed by atoms with van der Waals surface area (Å²) in [5.74, 6) is 0. The number of nitrogens with zero attached hydrogens (tertiary/aromatic N) is 2. The lowest BCUT2D eigenvalue weighted by atomic mass is 10.1. The van der Waals surface area contributed by atoms with Crippen molar-refractivity contribution in [2.24, 2.45) is 0 Å². The van der Waals surface area contributed by atoms with Crippen LogP contribution in [0, 0.1) is 0 Å². The molecule has 0 aliphatic carbocycles. The largest absolute Gasteiger partial charge is 0.304 e. The fraction of sp³-hybridized carbons (Fsp3) is 1.00. The predicted molar refractivity (Wildman–Crippen MR) is 80.7 cm³/mol. The van der Waals surface area contributed by atoms with Crippen LogP contribution in [0.25, 0.3) is 0 Å². The van der Waals surface area contributed by atoms with Gasteiger partial charge in [0.1, 0.15) is 0 Å². The van der Waals surface area contributed by atoms with Crippen LogP contribution in [-0.2, 0) is 0 Å². The van der Waals surface area contributed by atoms with Crippen molar-refractivity contribution in [2.45, 2.75) is 72.9 Å². The Hall–Kier alpha value is -0.0800. The minimum Gasteiger partial charge on any atom is -0.304 e. The highest BCUT2D eigenvalue weighted by molar-refractivity contribution is 4.70. The second-order valence-corrected chi connectivity index (χ2v) is 5.30. The van der Waals surface area contributed by atoms with E-state index in [0.29, 0.717) is 0 Å². The maximum absolute atomic E-state index is 2.43. The second kappa shape index (κ2) is 9.90. The van der Waals surface area contributed by atoms with E-state index in [1.54, 1.807) is 0 Å². The molecule has 0 saturated carbocycles. The summed E-state index contributed by atoms with van der Waals surface area (Å²) in [4.78, 5) is 4.84. The van der Waals surface area contributed by atoms with Gasteiger partial charge in [0, 0.05) is 12.1 Å². The van der Waals surface area contributed by atoms with Crippen molar-refractivity contribution in [3.8, 4) is 0 Å². The quantitative estimate of drug-likeness (QED) is 0.638. The second-order valence-electron chi connectivity index (χ2n) is 5.30. The van der Waals surface area contributed by atoms with E-state index in [1.165, 1.54) is 45.2 Å². The van der Waals surface area contributed by atoms with Crippen LogP contribution in [0.2, 0.25) is 0 Å².